The van der Waals surface area contributed by atoms with E-state index in [2.05, 4.69) is 38.1 Å². The smallest absolute Gasteiger partial charge is 0.0332 e. The van der Waals surface area contributed by atoms with Crippen molar-refractivity contribution in [2.75, 3.05) is 23.3 Å². The standard InChI is InChI=1S/C15H22Cl2S/c1-3-18-9-5-8-15(11-16,12-17)14-7-4-6-13(2)10-14/h4,6-7,10H,3,5,8-9,11-12H2,1-2H3. The summed E-state index contributed by atoms with van der Waals surface area (Å²) in [6.07, 6.45) is 2.24. The Kier molecular flexibility index (Phi) is 7.51. The van der Waals surface area contributed by atoms with Crippen molar-refractivity contribution in [1.29, 1.82) is 0 Å². The van der Waals surface area contributed by atoms with Gasteiger partial charge in [0.05, 0.1) is 0 Å². The average molecular weight is 305 g/mol. The Morgan fingerprint density at radius 3 is 2.50 bits per heavy atom. The van der Waals surface area contributed by atoms with Gasteiger partial charge in [-0.05, 0) is 36.8 Å². The number of rotatable bonds is 8. The fraction of sp³-hybridized carbons (Fsp3) is 0.600. The molecule has 0 saturated carbocycles. The molecule has 0 spiro atoms. The zero-order valence-corrected chi connectivity index (χ0v) is 13.5. The molecule has 1 aromatic carbocycles. The predicted octanol–water partition coefficient (Wildman–Crippen LogP) is 5.24. The molecule has 0 radical (unpaired) electrons. The van der Waals surface area contributed by atoms with Gasteiger partial charge in [-0.1, -0.05) is 36.8 Å². The van der Waals surface area contributed by atoms with Gasteiger partial charge in [0.25, 0.3) is 0 Å². The van der Waals surface area contributed by atoms with Crippen LogP contribution in [0.2, 0.25) is 0 Å². The van der Waals surface area contributed by atoms with Gasteiger partial charge in [-0.15, -0.1) is 23.2 Å². The van der Waals surface area contributed by atoms with Crippen LogP contribution >= 0.6 is 35.0 Å². The monoisotopic (exact) mass is 304 g/mol. The molecule has 0 atom stereocenters. The van der Waals surface area contributed by atoms with Gasteiger partial charge >= 0.3 is 0 Å². The molecule has 0 N–H and O–H groups in total. The van der Waals surface area contributed by atoms with Crippen LogP contribution in [-0.2, 0) is 5.41 Å². The lowest BCUT2D eigenvalue weighted by Crippen LogP contribution is -2.31. The summed E-state index contributed by atoms with van der Waals surface area (Å²) in [7, 11) is 0. The molecule has 1 rings (SSSR count). The highest BCUT2D eigenvalue weighted by Gasteiger charge is 2.30. The molecule has 0 heterocycles. The van der Waals surface area contributed by atoms with Crippen LogP contribution < -0.4 is 0 Å². The quantitative estimate of drug-likeness (QED) is 0.467. The minimum atomic E-state index is -0.0660. The fourth-order valence-corrected chi connectivity index (χ4v) is 3.60. The van der Waals surface area contributed by atoms with Crippen molar-refractivity contribution < 1.29 is 0 Å². The third-order valence-electron chi connectivity index (χ3n) is 3.29. The molecule has 1 aromatic rings. The molecule has 0 aromatic heterocycles. The van der Waals surface area contributed by atoms with Gasteiger partial charge < -0.3 is 0 Å². The predicted molar refractivity (Wildman–Crippen MR) is 86.5 cm³/mol. The number of alkyl halides is 2. The maximum absolute atomic E-state index is 6.23. The molecule has 0 unspecified atom stereocenters. The lowest BCUT2D eigenvalue weighted by molar-refractivity contribution is 0.487. The van der Waals surface area contributed by atoms with E-state index in [1.54, 1.807) is 0 Å². The van der Waals surface area contributed by atoms with E-state index < -0.39 is 0 Å². The third-order valence-corrected chi connectivity index (χ3v) is 5.30. The van der Waals surface area contributed by atoms with Gasteiger partial charge in [0, 0.05) is 17.2 Å². The van der Waals surface area contributed by atoms with E-state index in [1.165, 1.54) is 29.1 Å². The second-order valence-electron chi connectivity index (χ2n) is 4.72. The minimum Gasteiger partial charge on any atom is -0.162 e. The molecule has 0 saturated heterocycles. The Balaban J connectivity index is 2.79. The summed E-state index contributed by atoms with van der Waals surface area (Å²) in [5.41, 5.74) is 2.49. The molecule has 102 valence electrons. The SMILES string of the molecule is CCSCCCC(CCl)(CCl)c1cccc(C)c1. The number of benzene rings is 1. The topological polar surface area (TPSA) is 0 Å². The summed E-state index contributed by atoms with van der Waals surface area (Å²) in [5.74, 6) is 3.56. The first-order valence-corrected chi connectivity index (χ1v) is 8.67. The normalized spacial score (nSPS) is 11.8. The Hall–Kier alpha value is 0.150. The number of aryl methyl sites for hydroxylation is 1. The third kappa shape index (κ3) is 4.36. The maximum atomic E-state index is 6.23. The summed E-state index contributed by atoms with van der Waals surface area (Å²) in [6, 6.07) is 8.59. The minimum absolute atomic E-state index is 0.0660. The zero-order chi connectivity index (χ0) is 13.4. The van der Waals surface area contributed by atoms with Crippen LogP contribution in [0.4, 0.5) is 0 Å². The lowest BCUT2D eigenvalue weighted by atomic mass is 9.80. The van der Waals surface area contributed by atoms with Crippen molar-refractivity contribution in [3.8, 4) is 0 Å². The first kappa shape index (κ1) is 16.2. The summed E-state index contributed by atoms with van der Waals surface area (Å²) < 4.78 is 0. The molecule has 18 heavy (non-hydrogen) atoms. The Morgan fingerprint density at radius 2 is 1.94 bits per heavy atom. The van der Waals surface area contributed by atoms with E-state index in [4.69, 9.17) is 23.2 Å². The van der Waals surface area contributed by atoms with E-state index in [9.17, 15) is 0 Å². The average Bonchev–Trinajstić information content (AvgIpc) is 2.40. The summed E-state index contributed by atoms with van der Waals surface area (Å²) in [5, 5.41) is 0. The van der Waals surface area contributed by atoms with Crippen molar-refractivity contribution in [3.63, 3.8) is 0 Å². The Morgan fingerprint density at radius 1 is 1.22 bits per heavy atom. The zero-order valence-electron chi connectivity index (χ0n) is 11.2. The number of thioether (sulfide) groups is 1. The van der Waals surface area contributed by atoms with Crippen molar-refractivity contribution in [1.82, 2.24) is 0 Å². The van der Waals surface area contributed by atoms with Crippen molar-refractivity contribution in [2.24, 2.45) is 0 Å². The largest absolute Gasteiger partial charge is 0.162 e. The van der Waals surface area contributed by atoms with Crippen LogP contribution in [0.5, 0.6) is 0 Å². The van der Waals surface area contributed by atoms with E-state index >= 15 is 0 Å². The maximum Gasteiger partial charge on any atom is 0.0332 e. The summed E-state index contributed by atoms with van der Waals surface area (Å²) in [6.45, 7) is 4.31. The van der Waals surface area contributed by atoms with Crippen molar-refractivity contribution >= 4 is 35.0 Å². The molecule has 0 aliphatic heterocycles. The second kappa shape index (κ2) is 8.35. The first-order valence-electron chi connectivity index (χ1n) is 6.45. The molecular weight excluding hydrogens is 283 g/mol. The van der Waals surface area contributed by atoms with Gasteiger partial charge in [-0.25, -0.2) is 0 Å². The molecule has 3 heteroatoms. The molecule has 0 nitrogen and oxygen atoms in total. The number of halogens is 2. The highest BCUT2D eigenvalue weighted by Crippen LogP contribution is 2.33. The fourth-order valence-electron chi connectivity index (χ4n) is 2.10. The van der Waals surface area contributed by atoms with Crippen LogP contribution in [0.3, 0.4) is 0 Å². The molecule has 0 bridgehead atoms. The van der Waals surface area contributed by atoms with E-state index in [0.717, 1.165) is 6.42 Å². The molecular formula is C15H22Cl2S. The van der Waals surface area contributed by atoms with Crippen LogP contribution in [0.15, 0.2) is 24.3 Å². The van der Waals surface area contributed by atoms with Gasteiger partial charge in [-0.3, -0.25) is 0 Å². The Bertz CT molecular complexity index is 348. The van der Waals surface area contributed by atoms with Crippen LogP contribution in [0, 0.1) is 6.92 Å². The first-order chi connectivity index (χ1) is 8.68. The van der Waals surface area contributed by atoms with Gasteiger partial charge in [0.1, 0.15) is 0 Å². The van der Waals surface area contributed by atoms with E-state index in [1.807, 2.05) is 11.8 Å². The van der Waals surface area contributed by atoms with Gasteiger partial charge in [-0.2, -0.15) is 11.8 Å². The summed E-state index contributed by atoms with van der Waals surface area (Å²) >= 11 is 14.4. The van der Waals surface area contributed by atoms with E-state index in [0.29, 0.717) is 11.8 Å². The number of hydrogen-bond acceptors (Lipinski definition) is 1. The van der Waals surface area contributed by atoms with Crippen molar-refractivity contribution in [3.05, 3.63) is 35.4 Å². The Labute approximate surface area is 125 Å². The molecule has 0 fully saturated rings. The summed E-state index contributed by atoms with van der Waals surface area (Å²) in [4.78, 5) is 0. The number of hydrogen-bond donors (Lipinski definition) is 0. The highest BCUT2D eigenvalue weighted by molar-refractivity contribution is 7.99. The highest BCUT2D eigenvalue weighted by atomic mass is 35.5. The molecule has 0 aliphatic carbocycles. The van der Waals surface area contributed by atoms with E-state index in [-0.39, 0.29) is 5.41 Å². The molecule has 0 aliphatic rings. The van der Waals surface area contributed by atoms with Gasteiger partial charge in [0.15, 0.2) is 0 Å². The lowest BCUT2D eigenvalue weighted by Gasteiger charge is -2.30. The van der Waals surface area contributed by atoms with Crippen LogP contribution in [-0.4, -0.2) is 23.3 Å². The second-order valence-corrected chi connectivity index (χ2v) is 6.65. The van der Waals surface area contributed by atoms with Gasteiger partial charge in [0.2, 0.25) is 0 Å². The molecule has 0 amide bonds. The van der Waals surface area contributed by atoms with Crippen LogP contribution in [0.1, 0.15) is 30.9 Å². The van der Waals surface area contributed by atoms with Crippen molar-refractivity contribution in [2.45, 2.75) is 32.1 Å². The van der Waals surface area contributed by atoms with Crippen LogP contribution in [0.25, 0.3) is 0 Å².